The molecule has 0 aromatic heterocycles. The molecule has 1 fully saturated rings. The van der Waals surface area contributed by atoms with Crippen LogP contribution in [0.2, 0.25) is 0 Å². The number of rotatable bonds is 8. The molecule has 0 bridgehead atoms. The van der Waals surface area contributed by atoms with E-state index in [-0.39, 0.29) is 5.54 Å². The predicted molar refractivity (Wildman–Crippen MR) is 82.4 cm³/mol. The van der Waals surface area contributed by atoms with Gasteiger partial charge in [-0.3, -0.25) is 4.90 Å². The van der Waals surface area contributed by atoms with Crippen LogP contribution in [0.1, 0.15) is 59.3 Å². The molecule has 0 aromatic rings. The second-order valence-electron chi connectivity index (χ2n) is 6.50. The molecule has 19 heavy (non-hydrogen) atoms. The predicted octanol–water partition coefficient (Wildman–Crippen LogP) is 3.03. The Morgan fingerprint density at radius 3 is 2.63 bits per heavy atom. The molecule has 0 spiro atoms. The monoisotopic (exact) mass is 270 g/mol. The van der Waals surface area contributed by atoms with Crippen LogP contribution in [-0.4, -0.2) is 43.3 Å². The smallest absolute Gasteiger partial charge is 0.0724 e. The van der Waals surface area contributed by atoms with Gasteiger partial charge in [-0.1, -0.05) is 39.5 Å². The van der Waals surface area contributed by atoms with Crippen molar-refractivity contribution < 1.29 is 4.74 Å². The minimum atomic E-state index is 0.157. The summed E-state index contributed by atoms with van der Waals surface area (Å²) in [5.41, 5.74) is 6.25. The van der Waals surface area contributed by atoms with Gasteiger partial charge in [0.05, 0.1) is 6.10 Å². The van der Waals surface area contributed by atoms with Crippen molar-refractivity contribution in [2.45, 2.75) is 70.9 Å². The fourth-order valence-corrected chi connectivity index (χ4v) is 3.15. The molecule has 3 nitrogen and oxygen atoms in total. The molecule has 1 heterocycles. The summed E-state index contributed by atoms with van der Waals surface area (Å²) in [6.07, 6.45) is 8.09. The van der Waals surface area contributed by atoms with Gasteiger partial charge in [0, 0.05) is 25.7 Å². The van der Waals surface area contributed by atoms with Crippen LogP contribution in [0.3, 0.4) is 0 Å². The summed E-state index contributed by atoms with van der Waals surface area (Å²) in [6.45, 7) is 9.86. The van der Waals surface area contributed by atoms with Crippen molar-refractivity contribution in [3.8, 4) is 0 Å². The van der Waals surface area contributed by atoms with Gasteiger partial charge in [-0.2, -0.15) is 0 Å². The lowest BCUT2D eigenvalue weighted by Gasteiger charge is -2.46. The minimum absolute atomic E-state index is 0.157. The van der Waals surface area contributed by atoms with Crippen LogP contribution in [0.15, 0.2) is 0 Å². The van der Waals surface area contributed by atoms with E-state index in [1.165, 1.54) is 45.1 Å². The third-order valence-corrected chi connectivity index (χ3v) is 4.96. The second-order valence-corrected chi connectivity index (χ2v) is 6.50. The van der Waals surface area contributed by atoms with Crippen molar-refractivity contribution in [3.05, 3.63) is 0 Å². The first-order chi connectivity index (χ1) is 9.07. The number of unbranched alkanes of at least 4 members (excludes halogenated alkanes) is 3. The highest BCUT2D eigenvalue weighted by atomic mass is 16.5. The molecule has 114 valence electrons. The summed E-state index contributed by atoms with van der Waals surface area (Å²) >= 11 is 0. The lowest BCUT2D eigenvalue weighted by atomic mass is 9.87. The highest BCUT2D eigenvalue weighted by molar-refractivity contribution is 4.92. The Bertz CT molecular complexity index is 247. The van der Waals surface area contributed by atoms with E-state index in [4.69, 9.17) is 10.5 Å². The third-order valence-electron chi connectivity index (χ3n) is 4.96. The summed E-state index contributed by atoms with van der Waals surface area (Å²) in [5, 5.41) is 0. The second kappa shape index (κ2) is 8.23. The van der Waals surface area contributed by atoms with E-state index in [0.717, 1.165) is 13.1 Å². The van der Waals surface area contributed by atoms with Crippen LogP contribution in [0.25, 0.3) is 0 Å². The van der Waals surface area contributed by atoms with E-state index in [1.807, 2.05) is 7.11 Å². The van der Waals surface area contributed by atoms with Crippen LogP contribution in [0, 0.1) is 5.92 Å². The van der Waals surface area contributed by atoms with Crippen LogP contribution < -0.4 is 5.73 Å². The van der Waals surface area contributed by atoms with Crippen molar-refractivity contribution in [1.82, 2.24) is 4.90 Å². The molecular formula is C16H34N2O. The number of hydrogen-bond donors (Lipinski definition) is 1. The maximum absolute atomic E-state index is 6.09. The zero-order chi connectivity index (χ0) is 14.3. The van der Waals surface area contributed by atoms with Crippen LogP contribution in [0.5, 0.6) is 0 Å². The number of nitrogens with two attached hydrogens (primary N) is 1. The standard InChI is InChI=1S/C16H34N2O/c1-5-6-7-8-10-16(3,13-17)18-11-9-14(2)15(12-18)19-4/h14-15H,5-13,17H2,1-4H3. The molecule has 0 aromatic carbocycles. The van der Waals surface area contributed by atoms with E-state index in [2.05, 4.69) is 25.7 Å². The Morgan fingerprint density at radius 1 is 1.32 bits per heavy atom. The molecule has 3 unspecified atom stereocenters. The van der Waals surface area contributed by atoms with Crippen molar-refractivity contribution in [2.24, 2.45) is 11.7 Å². The van der Waals surface area contributed by atoms with E-state index >= 15 is 0 Å². The first-order valence-corrected chi connectivity index (χ1v) is 8.05. The van der Waals surface area contributed by atoms with E-state index < -0.39 is 0 Å². The van der Waals surface area contributed by atoms with E-state index in [9.17, 15) is 0 Å². The van der Waals surface area contributed by atoms with Gasteiger partial charge in [0.2, 0.25) is 0 Å². The van der Waals surface area contributed by atoms with Gasteiger partial charge in [-0.25, -0.2) is 0 Å². The molecule has 0 saturated carbocycles. The van der Waals surface area contributed by atoms with Crippen molar-refractivity contribution in [1.29, 1.82) is 0 Å². The Hall–Kier alpha value is -0.120. The molecule has 0 aliphatic carbocycles. The number of methoxy groups -OCH3 is 1. The Kier molecular flexibility index (Phi) is 7.33. The first kappa shape index (κ1) is 16.9. The zero-order valence-electron chi connectivity index (χ0n) is 13.5. The van der Waals surface area contributed by atoms with Gasteiger partial charge in [0.15, 0.2) is 0 Å². The highest BCUT2D eigenvalue weighted by Crippen LogP contribution is 2.28. The molecule has 1 saturated heterocycles. The van der Waals surface area contributed by atoms with Gasteiger partial charge in [-0.05, 0) is 32.2 Å². The molecule has 1 aliphatic heterocycles. The van der Waals surface area contributed by atoms with Gasteiger partial charge < -0.3 is 10.5 Å². The summed E-state index contributed by atoms with van der Waals surface area (Å²) < 4.78 is 5.63. The summed E-state index contributed by atoms with van der Waals surface area (Å²) in [4.78, 5) is 2.58. The number of ether oxygens (including phenoxy) is 1. The maximum Gasteiger partial charge on any atom is 0.0724 e. The fourth-order valence-electron chi connectivity index (χ4n) is 3.15. The molecule has 1 rings (SSSR count). The maximum atomic E-state index is 6.09. The van der Waals surface area contributed by atoms with Gasteiger partial charge in [0.25, 0.3) is 0 Å². The highest BCUT2D eigenvalue weighted by Gasteiger charge is 2.36. The summed E-state index contributed by atoms with van der Waals surface area (Å²) in [6, 6.07) is 0. The lowest BCUT2D eigenvalue weighted by Crippen LogP contribution is -2.57. The first-order valence-electron chi connectivity index (χ1n) is 8.05. The number of hydrogen-bond acceptors (Lipinski definition) is 3. The average molecular weight is 270 g/mol. The SMILES string of the molecule is CCCCCCC(C)(CN)N1CCC(C)C(OC)C1. The molecule has 0 radical (unpaired) electrons. The van der Waals surface area contributed by atoms with E-state index in [0.29, 0.717) is 12.0 Å². The third kappa shape index (κ3) is 4.73. The topological polar surface area (TPSA) is 38.5 Å². The Labute approximate surface area is 119 Å². The molecular weight excluding hydrogens is 236 g/mol. The normalized spacial score (nSPS) is 28.3. The molecule has 3 atom stereocenters. The van der Waals surface area contributed by atoms with Crippen molar-refractivity contribution >= 4 is 0 Å². The molecule has 2 N–H and O–H groups in total. The van der Waals surface area contributed by atoms with E-state index in [1.54, 1.807) is 0 Å². The molecule has 0 amide bonds. The van der Waals surface area contributed by atoms with Crippen LogP contribution in [0.4, 0.5) is 0 Å². The van der Waals surface area contributed by atoms with Crippen LogP contribution >= 0.6 is 0 Å². The molecule has 1 aliphatic rings. The quantitative estimate of drug-likeness (QED) is 0.689. The Morgan fingerprint density at radius 2 is 2.05 bits per heavy atom. The largest absolute Gasteiger partial charge is 0.380 e. The lowest BCUT2D eigenvalue weighted by molar-refractivity contribution is -0.0426. The number of nitrogens with zero attached hydrogens (tertiary/aromatic N) is 1. The summed E-state index contributed by atoms with van der Waals surface area (Å²) in [7, 11) is 1.84. The number of piperidine rings is 1. The average Bonchev–Trinajstić information content (AvgIpc) is 2.43. The van der Waals surface area contributed by atoms with Gasteiger partial charge in [0.1, 0.15) is 0 Å². The fraction of sp³-hybridized carbons (Fsp3) is 1.00. The van der Waals surface area contributed by atoms with Crippen molar-refractivity contribution in [3.63, 3.8) is 0 Å². The zero-order valence-corrected chi connectivity index (χ0v) is 13.5. The van der Waals surface area contributed by atoms with Crippen LogP contribution in [-0.2, 0) is 4.74 Å². The summed E-state index contributed by atoms with van der Waals surface area (Å²) in [5.74, 6) is 0.670. The molecule has 3 heteroatoms. The Balaban J connectivity index is 2.52. The van der Waals surface area contributed by atoms with Gasteiger partial charge in [-0.15, -0.1) is 0 Å². The number of likely N-dealkylation sites (tertiary alicyclic amines) is 1. The van der Waals surface area contributed by atoms with Gasteiger partial charge >= 0.3 is 0 Å². The minimum Gasteiger partial charge on any atom is -0.380 e. The van der Waals surface area contributed by atoms with Crippen molar-refractivity contribution in [2.75, 3.05) is 26.7 Å².